The van der Waals surface area contributed by atoms with Crippen molar-refractivity contribution in [1.82, 2.24) is 4.98 Å². The van der Waals surface area contributed by atoms with Crippen LogP contribution >= 0.6 is 0 Å². The third-order valence-electron chi connectivity index (χ3n) is 5.40. The maximum atomic E-state index is 14.7. The molecule has 0 bridgehead atoms. The average molecular weight is 440 g/mol. The smallest absolute Gasteiger partial charge is 0.226 e. The first-order chi connectivity index (χ1) is 15.2. The fourth-order valence-corrected chi connectivity index (χ4v) is 3.44. The van der Waals surface area contributed by atoms with Gasteiger partial charge < -0.3 is 4.90 Å². The molecule has 0 aliphatic rings. The van der Waals surface area contributed by atoms with E-state index in [2.05, 4.69) is 4.98 Å². The maximum absolute atomic E-state index is 14.7. The second kappa shape index (κ2) is 9.77. The molecule has 1 amide bonds. The number of carbonyl (C=O) groups is 2. The van der Waals surface area contributed by atoms with Crippen LogP contribution in [-0.2, 0) is 11.2 Å². The van der Waals surface area contributed by atoms with Crippen LogP contribution in [0.2, 0.25) is 0 Å². The van der Waals surface area contributed by atoms with Gasteiger partial charge in [-0.3, -0.25) is 9.59 Å². The molecule has 0 atom stereocenters. The topological polar surface area (TPSA) is 50.3 Å². The minimum Gasteiger partial charge on any atom is -0.313 e. The molecular weight excluding hydrogens is 417 g/mol. The summed E-state index contributed by atoms with van der Waals surface area (Å²) in [6.07, 6.45) is 0.806. The summed E-state index contributed by atoms with van der Waals surface area (Å²) >= 11 is 0. The molecule has 166 valence electrons. The summed E-state index contributed by atoms with van der Waals surface area (Å²) in [7, 11) is 1.40. The van der Waals surface area contributed by atoms with Crippen LogP contribution in [0.25, 0.3) is 11.1 Å². The first-order valence-corrected chi connectivity index (χ1v) is 10.2. The van der Waals surface area contributed by atoms with Crippen LogP contribution in [0.4, 0.5) is 18.9 Å². The number of benzene rings is 2. The number of anilines is 1. The SMILES string of the molecule is CCC(=O)N(C)c1ccc(-c2ccc(C(=O)CCc3ccc(F)nc3C)cc2)c(F)c1F. The highest BCUT2D eigenvalue weighted by molar-refractivity contribution is 5.96. The van der Waals surface area contributed by atoms with Crippen molar-refractivity contribution in [3.63, 3.8) is 0 Å². The van der Waals surface area contributed by atoms with Gasteiger partial charge in [0.05, 0.1) is 5.69 Å². The normalized spacial score (nSPS) is 10.8. The second-order valence-electron chi connectivity index (χ2n) is 7.45. The molecule has 0 saturated heterocycles. The third-order valence-corrected chi connectivity index (χ3v) is 5.40. The van der Waals surface area contributed by atoms with E-state index in [1.165, 1.54) is 25.2 Å². The highest BCUT2D eigenvalue weighted by Gasteiger charge is 2.20. The summed E-state index contributed by atoms with van der Waals surface area (Å²) in [6.45, 7) is 3.33. The molecule has 1 heterocycles. The Balaban J connectivity index is 1.75. The largest absolute Gasteiger partial charge is 0.313 e. The predicted molar refractivity (Wildman–Crippen MR) is 117 cm³/mol. The van der Waals surface area contributed by atoms with Crippen LogP contribution < -0.4 is 4.90 Å². The minimum atomic E-state index is -1.10. The molecule has 0 aliphatic carbocycles. The van der Waals surface area contributed by atoms with Gasteiger partial charge in [0.15, 0.2) is 17.4 Å². The Morgan fingerprint density at radius 1 is 0.938 bits per heavy atom. The molecule has 3 aromatic rings. The van der Waals surface area contributed by atoms with Crippen LogP contribution in [0.15, 0.2) is 48.5 Å². The average Bonchev–Trinajstić information content (AvgIpc) is 2.79. The molecule has 0 N–H and O–H groups in total. The van der Waals surface area contributed by atoms with E-state index >= 15 is 0 Å². The van der Waals surface area contributed by atoms with Crippen LogP contribution in [0, 0.1) is 24.5 Å². The van der Waals surface area contributed by atoms with Gasteiger partial charge in [0.25, 0.3) is 0 Å². The quantitative estimate of drug-likeness (QED) is 0.352. The number of pyridine rings is 1. The Bertz CT molecular complexity index is 1160. The fraction of sp³-hybridized carbons (Fsp3) is 0.240. The van der Waals surface area contributed by atoms with Gasteiger partial charge in [-0.15, -0.1) is 0 Å². The number of carbonyl (C=O) groups excluding carboxylic acids is 2. The van der Waals surface area contributed by atoms with Crippen LogP contribution in [0.5, 0.6) is 0 Å². The number of hydrogen-bond donors (Lipinski definition) is 0. The zero-order valence-electron chi connectivity index (χ0n) is 18.1. The van der Waals surface area contributed by atoms with E-state index in [9.17, 15) is 22.8 Å². The van der Waals surface area contributed by atoms with E-state index in [0.717, 1.165) is 10.5 Å². The Morgan fingerprint density at radius 2 is 1.62 bits per heavy atom. The van der Waals surface area contributed by atoms with E-state index in [4.69, 9.17) is 0 Å². The lowest BCUT2D eigenvalue weighted by atomic mass is 9.98. The van der Waals surface area contributed by atoms with Crippen molar-refractivity contribution in [3.05, 3.63) is 82.9 Å². The number of aromatic nitrogens is 1. The number of aryl methyl sites for hydroxylation is 2. The van der Waals surface area contributed by atoms with Gasteiger partial charge >= 0.3 is 0 Å². The lowest BCUT2D eigenvalue weighted by Gasteiger charge is -2.18. The molecule has 32 heavy (non-hydrogen) atoms. The molecule has 7 heteroatoms. The molecule has 0 spiro atoms. The highest BCUT2D eigenvalue weighted by atomic mass is 19.2. The molecule has 0 unspecified atom stereocenters. The van der Waals surface area contributed by atoms with Crippen LogP contribution in [-0.4, -0.2) is 23.7 Å². The molecule has 3 rings (SSSR count). The summed E-state index contributed by atoms with van der Waals surface area (Å²) in [6, 6.07) is 11.9. The number of ketones is 1. The van der Waals surface area contributed by atoms with Gasteiger partial charge in [0.1, 0.15) is 0 Å². The zero-order valence-corrected chi connectivity index (χ0v) is 18.1. The van der Waals surface area contributed by atoms with Gasteiger partial charge in [0, 0.05) is 36.7 Å². The van der Waals surface area contributed by atoms with Gasteiger partial charge in [0.2, 0.25) is 11.9 Å². The maximum Gasteiger partial charge on any atom is 0.226 e. The number of rotatable bonds is 7. The highest BCUT2D eigenvalue weighted by Crippen LogP contribution is 2.30. The predicted octanol–water partition coefficient (Wildman–Crippen LogP) is 5.66. The van der Waals surface area contributed by atoms with E-state index in [-0.39, 0.29) is 35.8 Å². The van der Waals surface area contributed by atoms with E-state index in [0.29, 0.717) is 23.2 Å². The third kappa shape index (κ3) is 4.88. The lowest BCUT2D eigenvalue weighted by molar-refractivity contribution is -0.118. The Kier molecular flexibility index (Phi) is 7.08. The number of hydrogen-bond acceptors (Lipinski definition) is 3. The molecule has 0 radical (unpaired) electrons. The molecular formula is C25H23F3N2O2. The summed E-state index contributed by atoms with van der Waals surface area (Å²) in [5, 5.41) is 0. The van der Waals surface area contributed by atoms with Crippen LogP contribution in [0.3, 0.4) is 0 Å². The number of amides is 1. The Labute approximate surface area is 184 Å². The Morgan fingerprint density at radius 3 is 2.25 bits per heavy atom. The van der Waals surface area contributed by atoms with E-state index in [1.54, 1.807) is 44.2 Å². The van der Waals surface area contributed by atoms with Gasteiger partial charge in [-0.05, 0) is 42.7 Å². The van der Waals surface area contributed by atoms with Crippen molar-refractivity contribution in [3.8, 4) is 11.1 Å². The number of nitrogens with zero attached hydrogens (tertiary/aromatic N) is 2. The van der Waals surface area contributed by atoms with Crippen molar-refractivity contribution in [2.75, 3.05) is 11.9 Å². The second-order valence-corrected chi connectivity index (χ2v) is 7.45. The minimum absolute atomic E-state index is 0.0376. The van der Waals surface area contributed by atoms with Gasteiger partial charge in [-0.25, -0.2) is 13.8 Å². The molecule has 1 aromatic heterocycles. The van der Waals surface area contributed by atoms with Crippen molar-refractivity contribution < 1.29 is 22.8 Å². The lowest BCUT2D eigenvalue weighted by Crippen LogP contribution is -2.26. The molecule has 4 nitrogen and oxygen atoms in total. The first kappa shape index (κ1) is 23.2. The zero-order chi connectivity index (χ0) is 23.4. The summed E-state index contributed by atoms with van der Waals surface area (Å²) in [5.74, 6) is -3.17. The van der Waals surface area contributed by atoms with Crippen molar-refractivity contribution >= 4 is 17.4 Å². The molecule has 2 aromatic carbocycles. The van der Waals surface area contributed by atoms with Crippen LogP contribution in [0.1, 0.15) is 41.4 Å². The molecule has 0 fully saturated rings. The van der Waals surface area contributed by atoms with E-state index < -0.39 is 17.6 Å². The van der Waals surface area contributed by atoms with Crippen molar-refractivity contribution in [2.45, 2.75) is 33.1 Å². The van der Waals surface area contributed by atoms with Gasteiger partial charge in [-0.2, -0.15) is 4.39 Å². The number of Topliss-reactive ketones (excluding diaryl/α,β-unsaturated/α-hetero) is 1. The summed E-state index contributed by atoms with van der Waals surface area (Å²) in [4.78, 5) is 29.1. The van der Waals surface area contributed by atoms with E-state index in [1.807, 2.05) is 0 Å². The standard InChI is InChI=1S/C25H23F3N2O2/c1-4-23(32)30(3)20-12-11-19(24(27)25(20)28)17-5-7-18(8-6-17)21(31)13-9-16-10-14-22(26)29-15(16)2/h5-8,10-12,14H,4,9,13H2,1-3H3. The fourth-order valence-electron chi connectivity index (χ4n) is 3.44. The van der Waals surface area contributed by atoms with Gasteiger partial charge in [-0.1, -0.05) is 37.3 Å². The van der Waals surface area contributed by atoms with Crippen molar-refractivity contribution in [1.29, 1.82) is 0 Å². The summed E-state index contributed by atoms with van der Waals surface area (Å²) < 4.78 is 42.4. The molecule has 0 saturated carbocycles. The summed E-state index contributed by atoms with van der Waals surface area (Å²) in [5.41, 5.74) is 2.09. The number of halogens is 3. The van der Waals surface area contributed by atoms with Crippen molar-refractivity contribution in [2.24, 2.45) is 0 Å². The molecule has 0 aliphatic heterocycles. The first-order valence-electron chi connectivity index (χ1n) is 10.2. The monoisotopic (exact) mass is 440 g/mol. The Hall–Kier alpha value is -3.48.